The van der Waals surface area contributed by atoms with Crippen LogP contribution in [-0.4, -0.2) is 37.4 Å². The second-order valence-electron chi connectivity index (χ2n) is 5.43. The van der Waals surface area contributed by atoms with E-state index in [0.29, 0.717) is 0 Å². The number of H-pyrrole nitrogens is 1. The first-order chi connectivity index (χ1) is 13.2. The highest BCUT2D eigenvalue weighted by Gasteiger charge is 2.67. The Morgan fingerprint density at radius 1 is 1.14 bits per heavy atom. The van der Waals surface area contributed by atoms with E-state index in [1.54, 1.807) is 23.5 Å². The molecular weight excluding hydrogens is 403 g/mol. The van der Waals surface area contributed by atoms with E-state index in [-0.39, 0.29) is 16.6 Å². The predicted octanol–water partition coefficient (Wildman–Crippen LogP) is 2.19. The van der Waals surface area contributed by atoms with Gasteiger partial charge in [0.05, 0.1) is 12.1 Å². The van der Waals surface area contributed by atoms with Gasteiger partial charge in [0.15, 0.2) is 6.61 Å². The number of aromatic amines is 1. The third-order valence-corrected chi connectivity index (χ3v) is 3.69. The Bertz CT molecular complexity index is 819. The van der Waals surface area contributed by atoms with Crippen molar-refractivity contribution in [1.29, 1.82) is 0 Å². The largest absolute Gasteiger partial charge is 0.484 e. The normalized spacial score (nSPS) is 13.2. The summed E-state index contributed by atoms with van der Waals surface area (Å²) in [5, 5.41) is 3.79. The lowest BCUT2D eigenvalue weighted by Crippen LogP contribution is -2.70. The van der Waals surface area contributed by atoms with Crippen LogP contribution in [0.2, 0.25) is 5.02 Å². The van der Waals surface area contributed by atoms with Crippen molar-refractivity contribution < 1.29 is 37.2 Å². The molecule has 0 aliphatic heterocycles. The van der Waals surface area contributed by atoms with Crippen LogP contribution in [0.1, 0.15) is 0 Å². The van der Waals surface area contributed by atoms with E-state index in [0.717, 1.165) is 7.11 Å². The number of anilines is 1. The van der Waals surface area contributed by atoms with E-state index in [4.69, 9.17) is 16.3 Å². The van der Waals surface area contributed by atoms with Crippen molar-refractivity contribution in [3.8, 4) is 5.75 Å². The first-order valence-electron chi connectivity index (χ1n) is 7.77. The van der Waals surface area contributed by atoms with E-state index in [1.807, 2.05) is 5.32 Å². The highest BCUT2D eigenvalue weighted by atomic mass is 35.5. The van der Waals surface area contributed by atoms with Crippen LogP contribution in [0.5, 0.6) is 5.75 Å². The zero-order valence-electron chi connectivity index (χ0n) is 14.5. The SMILES string of the molecule is COC(=O)[C@](NC(=O)COc1ccccc1)(Nc1ccc(Cl)c[nH+]1)C(F)(F)F. The van der Waals surface area contributed by atoms with E-state index in [1.165, 1.54) is 30.5 Å². The molecule has 150 valence electrons. The Morgan fingerprint density at radius 3 is 2.36 bits per heavy atom. The number of pyridine rings is 1. The third kappa shape index (κ3) is 5.03. The summed E-state index contributed by atoms with van der Waals surface area (Å²) in [5.41, 5.74) is -3.55. The molecule has 1 aromatic heterocycles. The van der Waals surface area contributed by atoms with E-state index in [9.17, 15) is 22.8 Å². The molecule has 2 aromatic rings. The van der Waals surface area contributed by atoms with Gasteiger partial charge in [0.1, 0.15) is 11.9 Å². The molecule has 0 unspecified atom stereocenters. The van der Waals surface area contributed by atoms with Gasteiger partial charge in [-0.1, -0.05) is 29.8 Å². The first-order valence-corrected chi connectivity index (χ1v) is 8.15. The Kier molecular flexibility index (Phi) is 6.68. The number of rotatable bonds is 7. The topological polar surface area (TPSA) is 90.8 Å². The predicted molar refractivity (Wildman–Crippen MR) is 92.5 cm³/mol. The highest BCUT2D eigenvalue weighted by Crippen LogP contribution is 2.32. The number of hydrogen-bond donors (Lipinski definition) is 2. The Morgan fingerprint density at radius 2 is 1.82 bits per heavy atom. The standard InChI is InChI=1S/C17H15ClF3N3O4/c1-27-15(26)16(17(19,20)21,23-13-8-7-11(18)9-22-13)24-14(25)10-28-12-5-3-2-4-6-12/h2-9H,10H2,1H3,(H,22,23)(H,24,25)/p+1/t16-/m1/s1. The molecule has 1 amide bonds. The van der Waals surface area contributed by atoms with Crippen molar-refractivity contribution in [3.05, 3.63) is 53.7 Å². The van der Waals surface area contributed by atoms with Gasteiger partial charge in [0, 0.05) is 6.07 Å². The second-order valence-corrected chi connectivity index (χ2v) is 5.87. The lowest BCUT2D eigenvalue weighted by Gasteiger charge is -2.30. The van der Waals surface area contributed by atoms with Gasteiger partial charge in [-0.2, -0.15) is 13.2 Å². The van der Waals surface area contributed by atoms with Crippen LogP contribution >= 0.6 is 11.6 Å². The maximum absolute atomic E-state index is 13.8. The van der Waals surface area contributed by atoms with Gasteiger partial charge in [-0.15, -0.1) is 0 Å². The number of ether oxygens (including phenoxy) is 2. The fourth-order valence-corrected chi connectivity index (χ4v) is 2.26. The summed E-state index contributed by atoms with van der Waals surface area (Å²) >= 11 is 5.69. The number of alkyl halides is 3. The number of nitrogens with one attached hydrogen (secondary N) is 3. The summed E-state index contributed by atoms with van der Waals surface area (Å²) in [6.07, 6.45) is -4.06. The van der Waals surface area contributed by atoms with Crippen LogP contribution in [0.4, 0.5) is 19.0 Å². The molecule has 2 rings (SSSR count). The molecule has 1 heterocycles. The van der Waals surface area contributed by atoms with Gasteiger partial charge in [-0.25, -0.2) is 15.1 Å². The lowest BCUT2D eigenvalue weighted by atomic mass is 10.1. The molecule has 0 aliphatic rings. The second kappa shape index (κ2) is 8.79. The fourth-order valence-electron chi connectivity index (χ4n) is 2.14. The molecule has 1 aromatic carbocycles. The van der Waals surface area contributed by atoms with Gasteiger partial charge >= 0.3 is 17.8 Å². The van der Waals surface area contributed by atoms with Crippen molar-refractivity contribution in [2.24, 2.45) is 0 Å². The number of hydrogen-bond acceptors (Lipinski definition) is 5. The molecule has 0 spiro atoms. The zero-order chi connectivity index (χ0) is 20.8. The Balaban J connectivity index is 2.27. The van der Waals surface area contributed by atoms with Crippen LogP contribution in [-0.2, 0) is 14.3 Å². The monoisotopic (exact) mass is 418 g/mol. The number of esters is 1. The first kappa shape index (κ1) is 21.3. The van der Waals surface area contributed by atoms with Gasteiger partial charge < -0.3 is 9.47 Å². The number of halogens is 4. The molecule has 28 heavy (non-hydrogen) atoms. The number of aromatic nitrogens is 1. The minimum atomic E-state index is -5.25. The van der Waals surface area contributed by atoms with Crippen LogP contribution in [0.3, 0.4) is 0 Å². The number of para-hydroxylation sites is 1. The molecule has 0 saturated heterocycles. The summed E-state index contributed by atoms with van der Waals surface area (Å²) in [7, 11) is 0.767. The maximum atomic E-state index is 13.8. The molecule has 7 nitrogen and oxygen atoms in total. The molecule has 0 saturated carbocycles. The van der Waals surface area contributed by atoms with Crippen LogP contribution in [0, 0.1) is 0 Å². The summed E-state index contributed by atoms with van der Waals surface area (Å²) in [6, 6.07) is 10.4. The Hall–Kier alpha value is -3.01. The smallest absolute Gasteiger partial charge is 0.464 e. The lowest BCUT2D eigenvalue weighted by molar-refractivity contribution is -0.362. The Labute approximate surface area is 162 Å². The van der Waals surface area contributed by atoms with Gasteiger partial charge in [0.2, 0.25) is 0 Å². The summed E-state index contributed by atoms with van der Waals surface area (Å²) in [5.74, 6) is -2.94. The van der Waals surface area contributed by atoms with Crippen LogP contribution in [0.15, 0.2) is 48.7 Å². The summed E-state index contributed by atoms with van der Waals surface area (Å²) in [4.78, 5) is 26.6. The maximum Gasteiger partial charge on any atom is 0.464 e. The molecule has 1 atom stereocenters. The number of methoxy groups -OCH3 is 1. The van der Waals surface area contributed by atoms with Gasteiger partial charge in [0.25, 0.3) is 11.7 Å². The molecule has 0 bridgehead atoms. The average molecular weight is 419 g/mol. The molecule has 0 fully saturated rings. The zero-order valence-corrected chi connectivity index (χ0v) is 15.2. The molecule has 11 heteroatoms. The van der Waals surface area contributed by atoms with Crippen molar-refractivity contribution in [2.75, 3.05) is 19.0 Å². The summed E-state index contributed by atoms with van der Waals surface area (Å²) in [6.45, 7) is -0.759. The van der Waals surface area contributed by atoms with Crippen LogP contribution < -0.4 is 20.4 Å². The van der Waals surface area contributed by atoms with Crippen molar-refractivity contribution in [1.82, 2.24) is 5.32 Å². The number of carbonyl (C=O) groups is 2. The molecule has 0 aliphatic carbocycles. The fraction of sp³-hybridized carbons (Fsp3) is 0.235. The number of amides is 1. The van der Waals surface area contributed by atoms with Crippen molar-refractivity contribution in [2.45, 2.75) is 11.8 Å². The minimum Gasteiger partial charge on any atom is -0.484 e. The van der Waals surface area contributed by atoms with E-state index < -0.39 is 30.3 Å². The van der Waals surface area contributed by atoms with Crippen LogP contribution in [0.25, 0.3) is 0 Å². The molecule has 3 N–H and O–H groups in total. The third-order valence-electron chi connectivity index (χ3n) is 3.45. The summed E-state index contributed by atoms with van der Waals surface area (Å²) < 4.78 is 50.9. The number of carbonyl (C=O) groups excluding carboxylic acids is 2. The molecular formula is C17H16ClF3N3O4+. The van der Waals surface area contributed by atoms with Crippen molar-refractivity contribution >= 4 is 29.3 Å². The van der Waals surface area contributed by atoms with Crippen molar-refractivity contribution in [3.63, 3.8) is 0 Å². The van der Waals surface area contributed by atoms with Gasteiger partial charge in [-0.3, -0.25) is 10.1 Å². The molecule has 0 radical (unpaired) electrons. The van der Waals surface area contributed by atoms with Gasteiger partial charge in [-0.05, 0) is 18.2 Å². The quantitative estimate of drug-likeness (QED) is 0.531. The highest BCUT2D eigenvalue weighted by molar-refractivity contribution is 6.30. The minimum absolute atomic E-state index is 0.224. The van der Waals surface area contributed by atoms with E-state index in [2.05, 4.69) is 9.72 Å². The van der Waals surface area contributed by atoms with E-state index >= 15 is 0 Å². The number of benzene rings is 1. The average Bonchev–Trinajstić information content (AvgIpc) is 2.66.